The Balaban J connectivity index is 2.82. The largest absolute Gasteiger partial charge is 0.303 e. The molecule has 0 unspecified atom stereocenters. The molecule has 0 fully saturated rings. The number of hydrogen-bond donors (Lipinski definition) is 0. The fourth-order valence-electron chi connectivity index (χ4n) is 1.46. The summed E-state index contributed by atoms with van der Waals surface area (Å²) in [5.41, 5.74) is 3.24. The van der Waals surface area contributed by atoms with Crippen molar-refractivity contribution in [2.45, 2.75) is 27.2 Å². The smallest absolute Gasteiger partial charge is 0.123 e. The zero-order chi connectivity index (χ0) is 9.84. The highest BCUT2D eigenvalue weighted by Gasteiger charge is 2.02. The van der Waals surface area contributed by atoms with E-state index < -0.39 is 0 Å². The van der Waals surface area contributed by atoms with Crippen LogP contribution >= 0.6 is 0 Å². The van der Waals surface area contributed by atoms with Gasteiger partial charge in [0.15, 0.2) is 0 Å². The summed E-state index contributed by atoms with van der Waals surface area (Å²) in [7, 11) is 0. The van der Waals surface area contributed by atoms with Gasteiger partial charge in [0.05, 0.1) is 0 Å². The second-order valence-corrected chi connectivity index (χ2v) is 3.58. The predicted octanol–water partition coefficient (Wildman–Crippen LogP) is 2.08. The van der Waals surface area contributed by atoms with Gasteiger partial charge in [-0.1, -0.05) is 6.92 Å². The van der Waals surface area contributed by atoms with Crippen molar-refractivity contribution in [3.63, 3.8) is 0 Å². The summed E-state index contributed by atoms with van der Waals surface area (Å²) in [6.07, 6.45) is 1.80. The summed E-state index contributed by atoms with van der Waals surface area (Å²) < 4.78 is 0. The third-order valence-electron chi connectivity index (χ3n) is 1.93. The van der Waals surface area contributed by atoms with Crippen LogP contribution in [-0.4, -0.2) is 11.3 Å². The van der Waals surface area contributed by atoms with Crippen molar-refractivity contribution in [2.75, 3.05) is 0 Å². The van der Waals surface area contributed by atoms with Crippen LogP contribution in [0.2, 0.25) is 0 Å². The standard InChI is InChI=1S/C11H15NO/c1-8(7-13)4-11-5-9(2)12-10(3)6-11/h5-8H,4H2,1-3H3/t8-/m1/s1. The Bertz CT molecular complexity index is 287. The molecule has 0 bridgehead atoms. The average molecular weight is 177 g/mol. The van der Waals surface area contributed by atoms with Crippen molar-refractivity contribution in [3.8, 4) is 0 Å². The highest BCUT2D eigenvalue weighted by atomic mass is 16.1. The third kappa shape index (κ3) is 2.98. The third-order valence-corrected chi connectivity index (χ3v) is 1.93. The van der Waals surface area contributed by atoms with Gasteiger partial charge in [-0.15, -0.1) is 0 Å². The van der Waals surface area contributed by atoms with Gasteiger partial charge >= 0.3 is 0 Å². The van der Waals surface area contributed by atoms with E-state index in [0.29, 0.717) is 0 Å². The van der Waals surface area contributed by atoms with Crippen molar-refractivity contribution < 1.29 is 4.79 Å². The van der Waals surface area contributed by atoms with E-state index in [4.69, 9.17) is 0 Å². The Morgan fingerprint density at radius 1 is 1.38 bits per heavy atom. The molecule has 0 spiro atoms. The van der Waals surface area contributed by atoms with E-state index in [9.17, 15) is 4.79 Å². The monoisotopic (exact) mass is 177 g/mol. The summed E-state index contributed by atoms with van der Waals surface area (Å²) in [5.74, 6) is 0.0983. The maximum absolute atomic E-state index is 10.5. The number of hydrogen-bond acceptors (Lipinski definition) is 2. The van der Waals surface area contributed by atoms with Crippen LogP contribution in [0.25, 0.3) is 0 Å². The molecule has 0 saturated heterocycles. The normalized spacial score (nSPS) is 12.5. The number of carbonyl (C=O) groups is 1. The van der Waals surface area contributed by atoms with Crippen molar-refractivity contribution in [3.05, 3.63) is 29.1 Å². The first-order valence-electron chi connectivity index (χ1n) is 4.51. The lowest BCUT2D eigenvalue weighted by molar-refractivity contribution is -0.110. The number of aldehydes is 1. The molecule has 1 atom stereocenters. The van der Waals surface area contributed by atoms with Crippen molar-refractivity contribution in [1.29, 1.82) is 0 Å². The molecule has 0 aromatic carbocycles. The SMILES string of the molecule is Cc1cc(C[C@@H](C)C=O)cc(C)n1. The highest BCUT2D eigenvalue weighted by molar-refractivity contribution is 5.53. The van der Waals surface area contributed by atoms with Crippen LogP contribution in [0, 0.1) is 19.8 Å². The minimum atomic E-state index is 0.0983. The molecule has 13 heavy (non-hydrogen) atoms. The van der Waals surface area contributed by atoms with Gasteiger partial charge in [-0.05, 0) is 38.0 Å². The van der Waals surface area contributed by atoms with E-state index >= 15 is 0 Å². The average Bonchev–Trinajstić information content (AvgIpc) is 2.02. The Morgan fingerprint density at radius 3 is 2.38 bits per heavy atom. The molecular weight excluding hydrogens is 162 g/mol. The van der Waals surface area contributed by atoms with Gasteiger partial charge in [-0.25, -0.2) is 0 Å². The lowest BCUT2D eigenvalue weighted by atomic mass is 10.0. The van der Waals surface area contributed by atoms with Crippen LogP contribution in [0.15, 0.2) is 12.1 Å². The Morgan fingerprint density at radius 2 is 1.92 bits per heavy atom. The van der Waals surface area contributed by atoms with E-state index in [0.717, 1.165) is 24.1 Å². The zero-order valence-corrected chi connectivity index (χ0v) is 8.37. The first-order chi connectivity index (χ1) is 6.11. The van der Waals surface area contributed by atoms with Gasteiger partial charge in [0.1, 0.15) is 6.29 Å². The molecule has 1 aromatic heterocycles. The van der Waals surface area contributed by atoms with E-state index in [1.807, 2.05) is 32.9 Å². The van der Waals surface area contributed by atoms with Gasteiger partial charge in [0.2, 0.25) is 0 Å². The van der Waals surface area contributed by atoms with Crippen LogP contribution in [-0.2, 0) is 11.2 Å². The summed E-state index contributed by atoms with van der Waals surface area (Å²) in [5, 5.41) is 0. The van der Waals surface area contributed by atoms with Crippen LogP contribution in [0.5, 0.6) is 0 Å². The molecule has 70 valence electrons. The summed E-state index contributed by atoms with van der Waals surface area (Å²) in [6.45, 7) is 5.88. The van der Waals surface area contributed by atoms with Gasteiger partial charge in [0, 0.05) is 17.3 Å². The number of carbonyl (C=O) groups excluding carboxylic acids is 1. The van der Waals surface area contributed by atoms with Crippen LogP contribution in [0.1, 0.15) is 23.9 Å². The molecule has 1 aromatic rings. The molecule has 1 rings (SSSR count). The second-order valence-electron chi connectivity index (χ2n) is 3.58. The number of aromatic nitrogens is 1. The Hall–Kier alpha value is -1.18. The first-order valence-corrected chi connectivity index (χ1v) is 4.51. The molecular formula is C11H15NO. The van der Waals surface area contributed by atoms with Crippen LogP contribution in [0.4, 0.5) is 0 Å². The lowest BCUT2D eigenvalue weighted by Crippen LogP contribution is -2.02. The first kappa shape index (κ1) is 9.90. The molecule has 0 saturated carbocycles. The molecule has 0 aliphatic carbocycles. The van der Waals surface area contributed by atoms with Gasteiger partial charge in [0.25, 0.3) is 0 Å². The molecule has 1 heterocycles. The van der Waals surface area contributed by atoms with Gasteiger partial charge in [-0.2, -0.15) is 0 Å². The summed E-state index contributed by atoms with van der Waals surface area (Å²) in [6, 6.07) is 4.07. The second kappa shape index (κ2) is 4.17. The fourth-order valence-corrected chi connectivity index (χ4v) is 1.46. The van der Waals surface area contributed by atoms with E-state index in [1.54, 1.807) is 0 Å². The van der Waals surface area contributed by atoms with Gasteiger partial charge < -0.3 is 4.79 Å². The zero-order valence-electron chi connectivity index (χ0n) is 8.37. The van der Waals surface area contributed by atoms with E-state index in [-0.39, 0.29) is 5.92 Å². The molecule has 0 aliphatic heterocycles. The van der Waals surface area contributed by atoms with Crippen LogP contribution < -0.4 is 0 Å². The summed E-state index contributed by atoms with van der Waals surface area (Å²) in [4.78, 5) is 14.7. The topological polar surface area (TPSA) is 30.0 Å². The highest BCUT2D eigenvalue weighted by Crippen LogP contribution is 2.09. The number of nitrogens with zero attached hydrogens (tertiary/aromatic N) is 1. The van der Waals surface area contributed by atoms with Crippen LogP contribution in [0.3, 0.4) is 0 Å². The van der Waals surface area contributed by atoms with Crippen molar-refractivity contribution in [1.82, 2.24) is 4.98 Å². The molecule has 0 amide bonds. The Labute approximate surface area is 79.0 Å². The molecule has 2 heteroatoms. The van der Waals surface area contributed by atoms with Crippen molar-refractivity contribution in [2.24, 2.45) is 5.92 Å². The van der Waals surface area contributed by atoms with E-state index in [1.165, 1.54) is 5.56 Å². The van der Waals surface area contributed by atoms with E-state index in [2.05, 4.69) is 4.98 Å². The minimum absolute atomic E-state index is 0.0983. The summed E-state index contributed by atoms with van der Waals surface area (Å²) >= 11 is 0. The lowest BCUT2D eigenvalue weighted by Gasteiger charge is -2.05. The van der Waals surface area contributed by atoms with Crippen molar-refractivity contribution >= 4 is 6.29 Å². The predicted molar refractivity (Wildman–Crippen MR) is 52.6 cm³/mol. The molecule has 0 N–H and O–H groups in total. The maximum atomic E-state index is 10.5. The molecule has 2 nitrogen and oxygen atoms in total. The minimum Gasteiger partial charge on any atom is -0.303 e. The quantitative estimate of drug-likeness (QED) is 0.661. The molecule has 0 radical (unpaired) electrons. The van der Waals surface area contributed by atoms with Gasteiger partial charge in [-0.3, -0.25) is 4.98 Å². The number of rotatable bonds is 3. The Kier molecular flexibility index (Phi) is 3.18. The maximum Gasteiger partial charge on any atom is 0.123 e. The number of pyridine rings is 1. The fraction of sp³-hybridized carbons (Fsp3) is 0.455. The molecule has 0 aliphatic rings. The number of aryl methyl sites for hydroxylation is 2.